The largest absolute Gasteiger partial charge is 0.450 e. The van der Waals surface area contributed by atoms with Gasteiger partial charge in [-0.1, -0.05) is 31.5 Å². The van der Waals surface area contributed by atoms with Crippen LogP contribution >= 0.6 is 0 Å². The smallest absolute Gasteiger partial charge is 0.407 e. The number of nitrogens with one attached hydrogen (secondary N) is 1. The third-order valence-corrected chi connectivity index (χ3v) is 3.21. The molecule has 0 saturated carbocycles. The zero-order chi connectivity index (χ0) is 15.8. The number of hydrogen-bond acceptors (Lipinski definition) is 4. The molecule has 0 unspecified atom stereocenters. The number of amides is 1. The number of rotatable bonds is 6. The number of hydrogen-bond donors (Lipinski definition) is 2. The molecule has 0 aliphatic rings. The normalized spacial score (nSPS) is 10.2. The van der Waals surface area contributed by atoms with Gasteiger partial charge in [0.2, 0.25) is 0 Å². The molecule has 0 aliphatic carbocycles. The number of nitrogens with two attached hydrogens (primary N) is 1. The van der Waals surface area contributed by atoms with Crippen LogP contribution in [0.3, 0.4) is 0 Å². The predicted octanol–water partition coefficient (Wildman–Crippen LogP) is 3.36. The van der Waals surface area contributed by atoms with Crippen molar-refractivity contribution in [1.29, 1.82) is 0 Å². The van der Waals surface area contributed by atoms with Gasteiger partial charge in [-0.3, -0.25) is 4.98 Å². The zero-order valence-electron chi connectivity index (χ0n) is 12.7. The summed E-state index contributed by atoms with van der Waals surface area (Å²) in [5, 5.41) is 2.68. The highest BCUT2D eigenvalue weighted by atomic mass is 16.5. The number of carbonyl (C=O) groups excluding carboxylic acids is 1. The summed E-state index contributed by atoms with van der Waals surface area (Å²) < 4.78 is 5.02. The number of nitrogen functional groups attached to an aromatic ring is 1. The summed E-state index contributed by atoms with van der Waals surface area (Å²) in [7, 11) is 0. The van der Waals surface area contributed by atoms with Gasteiger partial charge >= 0.3 is 6.09 Å². The lowest BCUT2D eigenvalue weighted by atomic mass is 10.1. The lowest BCUT2D eigenvalue weighted by Crippen LogP contribution is -2.24. The fraction of sp³-hybridized carbons (Fsp3) is 0.294. The van der Waals surface area contributed by atoms with Gasteiger partial charge in [-0.05, 0) is 30.2 Å². The molecule has 0 saturated heterocycles. The van der Waals surface area contributed by atoms with Crippen molar-refractivity contribution in [3.05, 3.63) is 48.3 Å². The second-order valence-corrected chi connectivity index (χ2v) is 5.00. The summed E-state index contributed by atoms with van der Waals surface area (Å²) in [6.45, 7) is 2.85. The number of nitrogens with zero attached hydrogens (tertiary/aromatic N) is 1. The van der Waals surface area contributed by atoms with E-state index in [0.717, 1.165) is 35.3 Å². The van der Waals surface area contributed by atoms with Crippen LogP contribution in [0.4, 0.5) is 10.5 Å². The molecular weight excluding hydrogens is 278 g/mol. The molecule has 2 aromatic rings. The van der Waals surface area contributed by atoms with Crippen LogP contribution in [0.2, 0.25) is 0 Å². The number of alkyl carbamates (subject to hydrolysis) is 1. The number of ether oxygens (including phenoxy) is 1. The van der Waals surface area contributed by atoms with E-state index in [9.17, 15) is 4.79 Å². The lowest BCUT2D eigenvalue weighted by molar-refractivity contribution is 0.144. The fourth-order valence-electron chi connectivity index (χ4n) is 1.90. The summed E-state index contributed by atoms with van der Waals surface area (Å²) in [5.41, 5.74) is 9.26. The van der Waals surface area contributed by atoms with E-state index < -0.39 is 6.09 Å². The molecule has 22 heavy (non-hydrogen) atoms. The number of pyridine rings is 1. The summed E-state index contributed by atoms with van der Waals surface area (Å²) in [4.78, 5) is 15.8. The first kappa shape index (κ1) is 15.8. The first-order valence-electron chi connectivity index (χ1n) is 7.40. The Morgan fingerprint density at radius 1 is 1.18 bits per heavy atom. The van der Waals surface area contributed by atoms with Crippen LogP contribution in [0.25, 0.3) is 11.1 Å². The Morgan fingerprint density at radius 2 is 1.91 bits per heavy atom. The van der Waals surface area contributed by atoms with Gasteiger partial charge in [0.1, 0.15) is 0 Å². The lowest BCUT2D eigenvalue weighted by Gasteiger charge is -2.07. The van der Waals surface area contributed by atoms with E-state index in [4.69, 9.17) is 10.5 Å². The summed E-state index contributed by atoms with van der Waals surface area (Å²) in [6.07, 6.45) is 3.26. The Balaban J connectivity index is 1.86. The molecule has 3 N–H and O–H groups in total. The molecule has 0 fully saturated rings. The maximum absolute atomic E-state index is 11.4. The van der Waals surface area contributed by atoms with Crippen LogP contribution in [0.15, 0.2) is 42.6 Å². The topological polar surface area (TPSA) is 77.2 Å². The second kappa shape index (κ2) is 8.02. The summed E-state index contributed by atoms with van der Waals surface area (Å²) in [6, 6.07) is 11.5. The van der Waals surface area contributed by atoms with Gasteiger partial charge in [-0.15, -0.1) is 0 Å². The van der Waals surface area contributed by atoms with Crippen molar-refractivity contribution >= 4 is 11.8 Å². The molecule has 0 aliphatic heterocycles. The number of aromatic nitrogens is 1. The van der Waals surface area contributed by atoms with E-state index >= 15 is 0 Å². The van der Waals surface area contributed by atoms with Crippen LogP contribution in [-0.2, 0) is 11.3 Å². The molecule has 1 aromatic carbocycles. The Hall–Kier alpha value is -2.56. The minimum absolute atomic E-state index is 0.354. The number of unbranched alkanes of at least 4 members (excludes halogenated alkanes) is 1. The highest BCUT2D eigenvalue weighted by Gasteiger charge is 2.03. The van der Waals surface area contributed by atoms with Crippen molar-refractivity contribution in [2.45, 2.75) is 26.3 Å². The van der Waals surface area contributed by atoms with Crippen LogP contribution in [0.1, 0.15) is 25.5 Å². The van der Waals surface area contributed by atoms with Crippen LogP contribution < -0.4 is 11.1 Å². The van der Waals surface area contributed by atoms with Gasteiger partial charge in [0, 0.05) is 17.4 Å². The van der Waals surface area contributed by atoms with Crippen molar-refractivity contribution in [3.63, 3.8) is 0 Å². The summed E-state index contributed by atoms with van der Waals surface area (Å²) >= 11 is 0. The molecule has 0 radical (unpaired) electrons. The van der Waals surface area contributed by atoms with Gasteiger partial charge in [-0.2, -0.15) is 0 Å². The fourth-order valence-corrected chi connectivity index (χ4v) is 1.90. The van der Waals surface area contributed by atoms with E-state index in [-0.39, 0.29) is 0 Å². The number of carbonyl (C=O) groups is 1. The quantitative estimate of drug-likeness (QED) is 0.633. The zero-order valence-corrected chi connectivity index (χ0v) is 12.7. The minimum Gasteiger partial charge on any atom is -0.450 e. The number of anilines is 1. The molecule has 1 amide bonds. The molecular formula is C17H21N3O2. The molecule has 5 nitrogen and oxygen atoms in total. The average molecular weight is 299 g/mol. The van der Waals surface area contributed by atoms with Gasteiger partial charge in [0.25, 0.3) is 0 Å². The monoisotopic (exact) mass is 299 g/mol. The maximum atomic E-state index is 11.4. The van der Waals surface area contributed by atoms with Gasteiger partial charge < -0.3 is 15.8 Å². The number of benzene rings is 1. The maximum Gasteiger partial charge on any atom is 0.407 e. The van der Waals surface area contributed by atoms with E-state index in [2.05, 4.69) is 10.3 Å². The Morgan fingerprint density at radius 3 is 2.55 bits per heavy atom. The molecule has 116 valence electrons. The molecule has 1 aromatic heterocycles. The second-order valence-electron chi connectivity index (χ2n) is 5.00. The Kier molecular flexibility index (Phi) is 5.77. The highest BCUT2D eigenvalue weighted by Crippen LogP contribution is 2.19. The predicted molar refractivity (Wildman–Crippen MR) is 87.2 cm³/mol. The van der Waals surface area contributed by atoms with Crippen LogP contribution in [0.5, 0.6) is 0 Å². The third-order valence-electron chi connectivity index (χ3n) is 3.21. The third kappa shape index (κ3) is 4.77. The Bertz CT molecular complexity index is 594. The van der Waals surface area contributed by atoms with Gasteiger partial charge in [0.15, 0.2) is 0 Å². The summed E-state index contributed by atoms with van der Waals surface area (Å²) in [5.74, 6) is 0. The van der Waals surface area contributed by atoms with E-state index in [1.807, 2.05) is 43.3 Å². The molecule has 0 atom stereocenters. The average Bonchev–Trinajstić information content (AvgIpc) is 2.54. The Labute approximate surface area is 130 Å². The molecule has 5 heteroatoms. The first-order valence-corrected chi connectivity index (χ1v) is 7.40. The van der Waals surface area contributed by atoms with E-state index in [1.165, 1.54) is 0 Å². The molecule has 0 spiro atoms. The highest BCUT2D eigenvalue weighted by molar-refractivity contribution is 5.67. The van der Waals surface area contributed by atoms with E-state index in [0.29, 0.717) is 13.2 Å². The van der Waals surface area contributed by atoms with E-state index in [1.54, 1.807) is 6.20 Å². The SMILES string of the molecule is CCCCOC(=O)NCc1ccc(-c2ccc(N)cc2)cn1. The van der Waals surface area contributed by atoms with Crippen molar-refractivity contribution in [3.8, 4) is 11.1 Å². The van der Waals surface area contributed by atoms with Gasteiger partial charge in [0.05, 0.1) is 18.8 Å². The van der Waals surface area contributed by atoms with Crippen LogP contribution in [0, 0.1) is 0 Å². The van der Waals surface area contributed by atoms with Crippen molar-refractivity contribution < 1.29 is 9.53 Å². The molecule has 1 heterocycles. The van der Waals surface area contributed by atoms with Crippen molar-refractivity contribution in [2.24, 2.45) is 0 Å². The van der Waals surface area contributed by atoms with Crippen molar-refractivity contribution in [1.82, 2.24) is 10.3 Å². The molecule has 2 rings (SSSR count). The minimum atomic E-state index is -0.405. The van der Waals surface area contributed by atoms with Crippen molar-refractivity contribution in [2.75, 3.05) is 12.3 Å². The van der Waals surface area contributed by atoms with Crippen LogP contribution in [-0.4, -0.2) is 17.7 Å². The standard InChI is InChI=1S/C17H21N3O2/c1-2-3-10-22-17(21)20-12-16-9-6-14(11-19-16)13-4-7-15(18)8-5-13/h4-9,11H,2-3,10,12,18H2,1H3,(H,20,21). The molecule has 0 bridgehead atoms. The van der Waals surface area contributed by atoms with Gasteiger partial charge in [-0.25, -0.2) is 4.79 Å². The first-order chi connectivity index (χ1) is 10.7.